The molecule has 0 radical (unpaired) electrons. The highest BCUT2D eigenvalue weighted by atomic mass is 16.3. The van der Waals surface area contributed by atoms with E-state index in [1.165, 1.54) is 27.8 Å². The molecule has 0 aliphatic heterocycles. The summed E-state index contributed by atoms with van der Waals surface area (Å²) in [7, 11) is 0. The lowest BCUT2D eigenvalue weighted by molar-refractivity contribution is 0.446. The van der Waals surface area contributed by atoms with Gasteiger partial charge in [-0.1, -0.05) is 140 Å². The zero-order valence-electron chi connectivity index (χ0n) is 37.6. The van der Waals surface area contributed by atoms with E-state index >= 15 is 0 Å². The lowest BCUT2D eigenvalue weighted by Crippen LogP contribution is -2.17. The summed E-state index contributed by atoms with van der Waals surface area (Å²) in [5.74, 6) is 0.293. The fourth-order valence-corrected chi connectivity index (χ4v) is 7.85. The van der Waals surface area contributed by atoms with Crippen LogP contribution in [-0.4, -0.2) is 19.6 Å². The summed E-state index contributed by atoms with van der Waals surface area (Å²) in [6.45, 7) is 33.5. The van der Waals surface area contributed by atoms with Gasteiger partial charge in [0, 0.05) is 39.3 Å². The Labute approximate surface area is 347 Å². The van der Waals surface area contributed by atoms with E-state index in [9.17, 15) is 5.11 Å². The van der Waals surface area contributed by atoms with Crippen molar-refractivity contribution in [2.75, 3.05) is 0 Å². The average molecular weight is 770 g/mol. The molecule has 4 heteroatoms. The maximum atomic E-state index is 12.0. The van der Waals surface area contributed by atoms with E-state index in [1.54, 1.807) is 0 Å². The molecular weight excluding hydrogens is 707 g/mol. The van der Waals surface area contributed by atoms with Crippen molar-refractivity contribution in [1.82, 2.24) is 14.5 Å². The molecule has 0 aliphatic rings. The van der Waals surface area contributed by atoms with Gasteiger partial charge in [-0.05, 0) is 121 Å². The Kier molecular flexibility index (Phi) is 9.86. The molecule has 58 heavy (non-hydrogen) atoms. The Morgan fingerprint density at radius 1 is 0.448 bits per heavy atom. The number of nitrogens with zero attached hydrogens (tertiary/aromatic N) is 3. The van der Waals surface area contributed by atoms with Gasteiger partial charge in [0.1, 0.15) is 11.4 Å². The van der Waals surface area contributed by atoms with Crippen LogP contribution in [0.2, 0.25) is 0 Å². The van der Waals surface area contributed by atoms with Gasteiger partial charge in [0.2, 0.25) is 0 Å². The molecule has 0 amide bonds. The van der Waals surface area contributed by atoms with Gasteiger partial charge >= 0.3 is 0 Å². The van der Waals surface area contributed by atoms with Crippen LogP contribution in [0.3, 0.4) is 0 Å². The maximum absolute atomic E-state index is 12.0. The third kappa shape index (κ3) is 7.83. The van der Waals surface area contributed by atoms with Gasteiger partial charge in [-0.3, -0.25) is 9.55 Å². The summed E-state index contributed by atoms with van der Waals surface area (Å²) in [5, 5.41) is 14.2. The largest absolute Gasteiger partial charge is 0.507 e. The third-order valence-electron chi connectivity index (χ3n) is 11.7. The van der Waals surface area contributed by atoms with E-state index in [0.717, 1.165) is 61.3 Å². The van der Waals surface area contributed by atoms with Gasteiger partial charge in [-0.15, -0.1) is 0 Å². The van der Waals surface area contributed by atoms with Crippen LogP contribution in [-0.2, 0) is 27.1 Å². The fourth-order valence-electron chi connectivity index (χ4n) is 7.85. The summed E-state index contributed by atoms with van der Waals surface area (Å²) in [4.78, 5) is 10.5. The molecule has 7 aromatic rings. The molecule has 0 unspecified atom stereocenters. The van der Waals surface area contributed by atoms with Gasteiger partial charge in [-0.25, -0.2) is 4.98 Å². The summed E-state index contributed by atoms with van der Waals surface area (Å²) in [5.41, 5.74) is 14.2. The zero-order chi connectivity index (χ0) is 42.3. The highest BCUT2D eigenvalue weighted by molar-refractivity contribution is 6.09. The van der Waals surface area contributed by atoms with Gasteiger partial charge in [0.15, 0.2) is 0 Å². The molecule has 0 saturated carbocycles. The molecule has 3 heterocycles. The van der Waals surface area contributed by atoms with Crippen LogP contribution < -0.4 is 0 Å². The van der Waals surface area contributed by atoms with Crippen molar-refractivity contribution in [1.29, 1.82) is 0 Å². The number of aromatic hydroxyl groups is 1. The summed E-state index contributed by atoms with van der Waals surface area (Å²) in [6.07, 6.45) is 1.93. The van der Waals surface area contributed by atoms with Crippen LogP contribution in [0.25, 0.3) is 61.3 Å². The summed E-state index contributed by atoms with van der Waals surface area (Å²) in [6, 6.07) is 35.6. The number of hydrogen-bond donors (Lipinski definition) is 1. The third-order valence-corrected chi connectivity index (χ3v) is 11.7. The first kappa shape index (κ1) is 41.0. The molecule has 0 aliphatic carbocycles. The van der Waals surface area contributed by atoms with Crippen molar-refractivity contribution in [3.63, 3.8) is 0 Å². The minimum Gasteiger partial charge on any atom is -0.507 e. The SMILES string of the molecule is CC(C)(C)c1ccc(-c2ccnc(-c3cc(-n4c5ccc(C(C)(C)C)cc5c5ccc(-c6cc(C(C)(C)C)cc(C(C)(C)C)c6O)nc54)cc(C(C)(C)C)c3)c2)cc1. The number of aromatic nitrogens is 3. The molecule has 0 spiro atoms. The fraction of sp³-hybridized carbons (Fsp3) is 0.370. The predicted molar refractivity (Wildman–Crippen MR) is 248 cm³/mol. The van der Waals surface area contributed by atoms with Crippen LogP contribution >= 0.6 is 0 Å². The smallest absolute Gasteiger partial charge is 0.146 e. The van der Waals surface area contributed by atoms with E-state index in [1.807, 2.05) is 6.20 Å². The van der Waals surface area contributed by atoms with E-state index in [-0.39, 0.29) is 27.1 Å². The summed E-state index contributed by atoms with van der Waals surface area (Å²) < 4.78 is 2.32. The number of phenolic OH excluding ortho intramolecular Hbond substituents is 1. The van der Waals surface area contributed by atoms with Gasteiger partial charge in [0.25, 0.3) is 0 Å². The van der Waals surface area contributed by atoms with Gasteiger partial charge < -0.3 is 5.11 Å². The monoisotopic (exact) mass is 769 g/mol. The maximum Gasteiger partial charge on any atom is 0.146 e. The quantitative estimate of drug-likeness (QED) is 0.194. The van der Waals surface area contributed by atoms with E-state index < -0.39 is 0 Å². The molecular formula is C54H63N3O. The Morgan fingerprint density at radius 3 is 1.66 bits per heavy atom. The second-order valence-electron chi connectivity index (χ2n) is 21.6. The molecule has 0 fully saturated rings. The first-order chi connectivity index (χ1) is 26.8. The normalized spacial score (nSPS) is 13.2. The first-order valence-corrected chi connectivity index (χ1v) is 20.9. The van der Waals surface area contributed by atoms with Crippen molar-refractivity contribution >= 4 is 21.9 Å². The molecule has 0 saturated heterocycles. The molecule has 7 rings (SSSR count). The molecule has 4 nitrogen and oxygen atoms in total. The molecule has 4 aromatic carbocycles. The van der Waals surface area contributed by atoms with Gasteiger partial charge in [-0.2, -0.15) is 0 Å². The Morgan fingerprint density at radius 2 is 1.05 bits per heavy atom. The zero-order valence-corrected chi connectivity index (χ0v) is 37.6. The number of rotatable bonds is 4. The van der Waals surface area contributed by atoms with Crippen LogP contribution in [0.4, 0.5) is 0 Å². The Hall–Kier alpha value is -5.22. The molecule has 300 valence electrons. The number of hydrogen-bond acceptors (Lipinski definition) is 3. The highest BCUT2D eigenvalue weighted by Crippen LogP contribution is 2.44. The van der Waals surface area contributed by atoms with Crippen molar-refractivity contribution < 1.29 is 5.11 Å². The average Bonchev–Trinajstić information content (AvgIpc) is 3.46. The second kappa shape index (κ2) is 14.0. The van der Waals surface area contributed by atoms with Crippen LogP contribution in [0, 0.1) is 0 Å². The molecule has 3 aromatic heterocycles. The van der Waals surface area contributed by atoms with Crippen LogP contribution in [0.5, 0.6) is 5.75 Å². The van der Waals surface area contributed by atoms with Crippen molar-refractivity contribution in [3.05, 3.63) is 131 Å². The Bertz CT molecular complexity index is 2680. The van der Waals surface area contributed by atoms with E-state index in [4.69, 9.17) is 9.97 Å². The van der Waals surface area contributed by atoms with Crippen LogP contribution in [0.15, 0.2) is 103 Å². The molecule has 0 atom stereocenters. The number of benzene rings is 4. The first-order valence-electron chi connectivity index (χ1n) is 20.9. The van der Waals surface area contributed by atoms with Crippen molar-refractivity contribution in [2.45, 2.75) is 131 Å². The standard InChI is InChI=1S/C54H63N3O/c1-50(2,3)36-18-16-33(17-19-36)34-24-25-55-46(28-34)35-26-38(52(7,8)9)29-40(27-35)57-47-23-20-37(51(4,5)6)30-42(47)41-21-22-45(56-49(41)57)43-31-39(53(10,11)12)32-44(48(43)58)54(13,14)15/h16-32,58H,1-15H3. The molecule has 1 N–H and O–H groups in total. The van der Waals surface area contributed by atoms with E-state index in [0.29, 0.717) is 5.75 Å². The minimum atomic E-state index is -0.256. The predicted octanol–water partition coefficient (Wildman–Crippen LogP) is 14.8. The van der Waals surface area contributed by atoms with Crippen LogP contribution in [0.1, 0.15) is 132 Å². The second-order valence-corrected chi connectivity index (χ2v) is 21.6. The lowest BCUT2D eigenvalue weighted by Gasteiger charge is -2.27. The highest BCUT2D eigenvalue weighted by Gasteiger charge is 2.27. The topological polar surface area (TPSA) is 50.9 Å². The van der Waals surface area contributed by atoms with E-state index in [2.05, 4.69) is 205 Å². The Balaban J connectivity index is 1.50. The number of fused-ring (bicyclic) bond motifs is 3. The number of phenols is 1. The molecule has 0 bridgehead atoms. The van der Waals surface area contributed by atoms with Crippen molar-refractivity contribution in [2.24, 2.45) is 0 Å². The minimum absolute atomic E-state index is 0.0262. The van der Waals surface area contributed by atoms with Gasteiger partial charge in [0.05, 0.1) is 16.9 Å². The summed E-state index contributed by atoms with van der Waals surface area (Å²) >= 11 is 0. The number of pyridine rings is 2. The lowest BCUT2D eigenvalue weighted by atomic mass is 9.78. The van der Waals surface area contributed by atoms with Crippen molar-refractivity contribution in [3.8, 4) is 45.1 Å².